The minimum atomic E-state index is -0.158. The van der Waals surface area contributed by atoms with E-state index in [1.165, 1.54) is 0 Å². The first-order chi connectivity index (χ1) is 8.31. The molecule has 4 heteroatoms. The molecule has 0 aromatic rings. The molecule has 0 heterocycles. The van der Waals surface area contributed by atoms with Crippen molar-refractivity contribution in [1.29, 1.82) is 5.41 Å². The molecule has 0 saturated heterocycles. The molecule has 0 aromatic carbocycles. The summed E-state index contributed by atoms with van der Waals surface area (Å²) < 4.78 is 5.13. The number of nitrogens with zero attached hydrogens (tertiary/aromatic N) is 1. The van der Waals surface area contributed by atoms with Gasteiger partial charge in [-0.15, -0.1) is 0 Å². The number of hydrogen-bond acceptors (Lipinski definition) is 3. The SMILES string of the molecule is COCCN(CCCCC(C)(C)C(=N)N)C(C)C. The minimum Gasteiger partial charge on any atom is -0.387 e. The topological polar surface area (TPSA) is 62.3 Å². The molecule has 0 rings (SSSR count). The van der Waals surface area contributed by atoms with Crippen LogP contribution >= 0.6 is 0 Å². The fourth-order valence-electron chi connectivity index (χ4n) is 1.85. The highest BCUT2D eigenvalue weighted by atomic mass is 16.5. The van der Waals surface area contributed by atoms with Crippen LogP contribution in [0.25, 0.3) is 0 Å². The molecule has 18 heavy (non-hydrogen) atoms. The van der Waals surface area contributed by atoms with Gasteiger partial charge in [-0.25, -0.2) is 0 Å². The van der Waals surface area contributed by atoms with Gasteiger partial charge in [0.2, 0.25) is 0 Å². The van der Waals surface area contributed by atoms with Crippen LogP contribution in [0.2, 0.25) is 0 Å². The van der Waals surface area contributed by atoms with E-state index in [0.717, 1.165) is 39.0 Å². The van der Waals surface area contributed by atoms with Crippen LogP contribution in [0.1, 0.15) is 47.0 Å². The largest absolute Gasteiger partial charge is 0.387 e. The highest BCUT2D eigenvalue weighted by Crippen LogP contribution is 2.22. The van der Waals surface area contributed by atoms with Crippen LogP contribution in [0.3, 0.4) is 0 Å². The lowest BCUT2D eigenvalue weighted by Gasteiger charge is -2.27. The standard InChI is InChI=1S/C14H31N3O/c1-12(2)17(10-11-18-5)9-7-6-8-14(3,4)13(15)16/h12H,6-11H2,1-5H3,(H3,15,16). The van der Waals surface area contributed by atoms with E-state index >= 15 is 0 Å². The van der Waals surface area contributed by atoms with Gasteiger partial charge >= 0.3 is 0 Å². The van der Waals surface area contributed by atoms with Crippen LogP contribution in [0.5, 0.6) is 0 Å². The molecular weight excluding hydrogens is 226 g/mol. The van der Waals surface area contributed by atoms with Crippen LogP contribution in [-0.4, -0.2) is 43.6 Å². The number of amidine groups is 1. The first-order valence-electron chi connectivity index (χ1n) is 6.88. The Kier molecular flexibility index (Phi) is 8.20. The van der Waals surface area contributed by atoms with Crippen LogP contribution in [0.4, 0.5) is 0 Å². The average molecular weight is 257 g/mol. The molecule has 0 aromatic heterocycles. The fourth-order valence-corrected chi connectivity index (χ4v) is 1.85. The summed E-state index contributed by atoms with van der Waals surface area (Å²) in [6.07, 6.45) is 3.25. The molecule has 0 aliphatic carbocycles. The van der Waals surface area contributed by atoms with Crippen molar-refractivity contribution in [3.63, 3.8) is 0 Å². The number of hydrogen-bond donors (Lipinski definition) is 2. The molecule has 0 aliphatic heterocycles. The number of nitrogens with one attached hydrogen (secondary N) is 1. The normalized spacial score (nSPS) is 12.4. The van der Waals surface area contributed by atoms with Crippen LogP contribution in [0, 0.1) is 10.8 Å². The lowest BCUT2D eigenvalue weighted by Crippen LogP contribution is -2.35. The van der Waals surface area contributed by atoms with Gasteiger partial charge in [0.25, 0.3) is 0 Å². The Morgan fingerprint density at radius 1 is 1.28 bits per heavy atom. The molecular formula is C14H31N3O. The van der Waals surface area contributed by atoms with Crippen LogP contribution in [0.15, 0.2) is 0 Å². The van der Waals surface area contributed by atoms with Crippen LogP contribution < -0.4 is 5.73 Å². The molecule has 0 saturated carbocycles. The third-order valence-corrected chi connectivity index (χ3v) is 3.54. The van der Waals surface area contributed by atoms with Gasteiger partial charge in [-0.2, -0.15) is 0 Å². The Balaban J connectivity index is 3.89. The van der Waals surface area contributed by atoms with E-state index in [0.29, 0.717) is 11.9 Å². The van der Waals surface area contributed by atoms with E-state index in [4.69, 9.17) is 15.9 Å². The van der Waals surface area contributed by atoms with Crippen molar-refractivity contribution in [1.82, 2.24) is 4.90 Å². The van der Waals surface area contributed by atoms with Crippen molar-refractivity contribution in [2.24, 2.45) is 11.1 Å². The molecule has 0 radical (unpaired) electrons. The molecule has 0 bridgehead atoms. The third kappa shape index (κ3) is 6.97. The predicted molar refractivity (Wildman–Crippen MR) is 78.1 cm³/mol. The highest BCUT2D eigenvalue weighted by Gasteiger charge is 2.20. The Morgan fingerprint density at radius 2 is 1.89 bits per heavy atom. The zero-order valence-electron chi connectivity index (χ0n) is 12.8. The summed E-state index contributed by atoms with van der Waals surface area (Å²) in [4.78, 5) is 2.43. The van der Waals surface area contributed by atoms with Crippen molar-refractivity contribution in [2.45, 2.75) is 53.0 Å². The van der Waals surface area contributed by atoms with E-state index in [1.807, 2.05) is 13.8 Å². The molecule has 0 unspecified atom stereocenters. The lowest BCUT2D eigenvalue weighted by atomic mass is 9.86. The smallest absolute Gasteiger partial charge is 0.0963 e. The quantitative estimate of drug-likeness (QED) is 0.359. The Morgan fingerprint density at radius 3 is 2.33 bits per heavy atom. The van der Waals surface area contributed by atoms with Crippen molar-refractivity contribution < 1.29 is 4.74 Å². The number of nitrogens with two attached hydrogens (primary N) is 1. The van der Waals surface area contributed by atoms with Crippen molar-refractivity contribution in [2.75, 3.05) is 26.8 Å². The van der Waals surface area contributed by atoms with Crippen molar-refractivity contribution >= 4 is 5.84 Å². The summed E-state index contributed by atoms with van der Waals surface area (Å²) in [5, 5.41) is 7.53. The van der Waals surface area contributed by atoms with Gasteiger partial charge in [-0.1, -0.05) is 20.3 Å². The summed E-state index contributed by atoms with van der Waals surface area (Å²) in [5.74, 6) is 0.294. The number of methoxy groups -OCH3 is 1. The summed E-state index contributed by atoms with van der Waals surface area (Å²) in [6.45, 7) is 11.4. The van der Waals surface area contributed by atoms with E-state index in [-0.39, 0.29) is 5.41 Å². The van der Waals surface area contributed by atoms with Crippen molar-refractivity contribution in [3.05, 3.63) is 0 Å². The van der Waals surface area contributed by atoms with Gasteiger partial charge in [0.1, 0.15) is 0 Å². The summed E-state index contributed by atoms with van der Waals surface area (Å²) in [5.41, 5.74) is 5.43. The monoisotopic (exact) mass is 257 g/mol. The van der Waals surface area contributed by atoms with E-state index in [9.17, 15) is 0 Å². The first kappa shape index (κ1) is 17.4. The Labute approximate surface area is 112 Å². The third-order valence-electron chi connectivity index (χ3n) is 3.54. The molecule has 0 aliphatic rings. The van der Waals surface area contributed by atoms with Crippen LogP contribution in [-0.2, 0) is 4.74 Å². The van der Waals surface area contributed by atoms with Gasteiger partial charge in [0.05, 0.1) is 12.4 Å². The maximum Gasteiger partial charge on any atom is 0.0963 e. The number of unbranched alkanes of at least 4 members (excludes halogenated alkanes) is 1. The lowest BCUT2D eigenvalue weighted by molar-refractivity contribution is 0.127. The number of ether oxygens (including phenoxy) is 1. The molecule has 108 valence electrons. The van der Waals surface area contributed by atoms with Gasteiger partial charge in [0, 0.05) is 25.1 Å². The van der Waals surface area contributed by atoms with Gasteiger partial charge in [-0.3, -0.25) is 10.3 Å². The summed E-state index contributed by atoms with van der Waals surface area (Å²) >= 11 is 0. The molecule has 0 atom stereocenters. The Bertz CT molecular complexity index is 239. The van der Waals surface area contributed by atoms with E-state index in [1.54, 1.807) is 7.11 Å². The maximum atomic E-state index is 7.53. The zero-order chi connectivity index (χ0) is 14.2. The molecule has 3 N–H and O–H groups in total. The minimum absolute atomic E-state index is 0.158. The Hall–Kier alpha value is -0.610. The van der Waals surface area contributed by atoms with E-state index in [2.05, 4.69) is 18.7 Å². The number of rotatable bonds is 10. The van der Waals surface area contributed by atoms with E-state index < -0.39 is 0 Å². The summed E-state index contributed by atoms with van der Waals surface area (Å²) in [7, 11) is 1.74. The maximum absolute atomic E-state index is 7.53. The highest BCUT2D eigenvalue weighted by molar-refractivity contribution is 5.82. The van der Waals surface area contributed by atoms with Gasteiger partial charge in [-0.05, 0) is 33.2 Å². The molecule has 0 amide bonds. The molecule has 0 fully saturated rings. The average Bonchev–Trinajstić information content (AvgIpc) is 2.27. The van der Waals surface area contributed by atoms with Gasteiger partial charge < -0.3 is 10.5 Å². The first-order valence-corrected chi connectivity index (χ1v) is 6.88. The molecule has 4 nitrogen and oxygen atoms in total. The molecule has 0 spiro atoms. The summed E-state index contributed by atoms with van der Waals surface area (Å²) in [6, 6.07) is 0.556. The fraction of sp³-hybridized carbons (Fsp3) is 0.929. The predicted octanol–water partition coefficient (Wildman–Crippen LogP) is 2.48. The second kappa shape index (κ2) is 8.48. The second-order valence-electron chi connectivity index (χ2n) is 5.88. The van der Waals surface area contributed by atoms with Gasteiger partial charge in [0.15, 0.2) is 0 Å². The second-order valence-corrected chi connectivity index (χ2v) is 5.88. The zero-order valence-corrected chi connectivity index (χ0v) is 12.8. The van der Waals surface area contributed by atoms with Crippen molar-refractivity contribution in [3.8, 4) is 0 Å².